The lowest BCUT2D eigenvalue weighted by Gasteiger charge is -2.27. The van der Waals surface area contributed by atoms with Crippen LogP contribution in [0.15, 0.2) is 91.3 Å². The van der Waals surface area contributed by atoms with Gasteiger partial charge in [-0.05, 0) is 23.3 Å². The summed E-state index contributed by atoms with van der Waals surface area (Å²) in [6.45, 7) is -0.120. The molecule has 0 saturated heterocycles. The summed E-state index contributed by atoms with van der Waals surface area (Å²) in [6, 6.07) is 25.1. The molecule has 0 aliphatic carbocycles. The molecule has 0 aliphatic heterocycles. The van der Waals surface area contributed by atoms with Crippen LogP contribution >= 0.6 is 0 Å². The molecule has 5 nitrogen and oxygen atoms in total. The fraction of sp³-hybridized carbons (Fsp3) is 0.0833. The SMILES string of the molecule is N#Cc1c(COC(=O)C(O)(c2ccccc2)c2ccccc2)cn2ccccc12. The quantitative estimate of drug-likeness (QED) is 0.533. The summed E-state index contributed by atoms with van der Waals surface area (Å²) in [7, 11) is 0. The van der Waals surface area contributed by atoms with E-state index in [-0.39, 0.29) is 6.61 Å². The Hall–Kier alpha value is -3.88. The highest BCUT2D eigenvalue weighted by Crippen LogP contribution is 2.31. The molecule has 2 heterocycles. The van der Waals surface area contributed by atoms with E-state index in [2.05, 4.69) is 6.07 Å². The van der Waals surface area contributed by atoms with E-state index in [0.717, 1.165) is 5.52 Å². The Morgan fingerprint density at radius 2 is 1.55 bits per heavy atom. The van der Waals surface area contributed by atoms with E-state index in [1.165, 1.54) is 0 Å². The smallest absolute Gasteiger partial charge is 0.348 e. The van der Waals surface area contributed by atoms with Gasteiger partial charge in [-0.3, -0.25) is 0 Å². The van der Waals surface area contributed by atoms with Gasteiger partial charge in [-0.1, -0.05) is 66.7 Å². The Kier molecular flexibility index (Phi) is 4.86. The molecular formula is C24H18N2O3. The standard InChI is InChI=1S/C24H18N2O3/c25-15-21-18(16-26-14-8-7-13-22(21)26)17-29-23(27)24(28,19-9-3-1-4-10-19)20-11-5-2-6-12-20/h1-14,16,28H,17H2. The normalized spacial score (nSPS) is 11.2. The van der Waals surface area contributed by atoms with Crippen molar-refractivity contribution in [1.82, 2.24) is 4.40 Å². The first-order valence-electron chi connectivity index (χ1n) is 9.14. The maximum atomic E-state index is 13.1. The Balaban J connectivity index is 1.68. The third kappa shape index (κ3) is 3.27. The molecule has 1 N–H and O–H groups in total. The number of esters is 1. The van der Waals surface area contributed by atoms with Crippen LogP contribution in [0.4, 0.5) is 0 Å². The van der Waals surface area contributed by atoms with E-state index in [1.54, 1.807) is 54.7 Å². The lowest BCUT2D eigenvalue weighted by Crippen LogP contribution is -2.38. The average Bonchev–Trinajstić information content (AvgIpc) is 3.15. The monoisotopic (exact) mass is 382 g/mol. The van der Waals surface area contributed by atoms with Crippen molar-refractivity contribution >= 4 is 11.5 Å². The predicted molar refractivity (Wildman–Crippen MR) is 108 cm³/mol. The van der Waals surface area contributed by atoms with Crippen LogP contribution in [-0.4, -0.2) is 15.5 Å². The number of rotatable bonds is 5. The minimum Gasteiger partial charge on any atom is -0.458 e. The maximum absolute atomic E-state index is 13.1. The van der Waals surface area contributed by atoms with Gasteiger partial charge >= 0.3 is 5.97 Å². The van der Waals surface area contributed by atoms with E-state index in [4.69, 9.17) is 4.74 Å². The van der Waals surface area contributed by atoms with E-state index in [9.17, 15) is 15.2 Å². The van der Waals surface area contributed by atoms with Crippen molar-refractivity contribution in [1.29, 1.82) is 5.26 Å². The van der Waals surface area contributed by atoms with Crippen molar-refractivity contribution in [3.05, 3.63) is 114 Å². The summed E-state index contributed by atoms with van der Waals surface area (Å²) in [5, 5.41) is 21.0. The molecule has 0 spiro atoms. The zero-order chi connectivity index (χ0) is 20.3. The number of pyridine rings is 1. The Morgan fingerprint density at radius 3 is 2.14 bits per heavy atom. The molecule has 0 radical (unpaired) electrons. The van der Waals surface area contributed by atoms with Gasteiger partial charge in [0, 0.05) is 18.0 Å². The van der Waals surface area contributed by atoms with E-state index in [1.807, 2.05) is 40.9 Å². The molecule has 5 heteroatoms. The van der Waals surface area contributed by atoms with Gasteiger partial charge in [0.25, 0.3) is 0 Å². The number of aromatic nitrogens is 1. The second kappa shape index (κ2) is 7.63. The summed E-state index contributed by atoms with van der Waals surface area (Å²) in [6.07, 6.45) is 3.58. The number of hydrogen-bond donors (Lipinski definition) is 1. The molecule has 4 rings (SSSR count). The average molecular weight is 382 g/mol. The van der Waals surface area contributed by atoms with Crippen molar-refractivity contribution in [2.75, 3.05) is 0 Å². The molecule has 0 saturated carbocycles. The van der Waals surface area contributed by atoms with Gasteiger partial charge in [-0.15, -0.1) is 0 Å². The van der Waals surface area contributed by atoms with Crippen LogP contribution in [0, 0.1) is 11.3 Å². The lowest BCUT2D eigenvalue weighted by molar-refractivity contribution is -0.163. The van der Waals surface area contributed by atoms with Gasteiger partial charge in [-0.2, -0.15) is 5.26 Å². The van der Waals surface area contributed by atoms with Crippen molar-refractivity contribution in [2.45, 2.75) is 12.2 Å². The van der Waals surface area contributed by atoms with Crippen LogP contribution in [-0.2, 0) is 21.7 Å². The van der Waals surface area contributed by atoms with Crippen LogP contribution in [0.5, 0.6) is 0 Å². The van der Waals surface area contributed by atoms with Crippen LogP contribution in [0.1, 0.15) is 22.3 Å². The van der Waals surface area contributed by atoms with E-state index >= 15 is 0 Å². The molecule has 2 aromatic carbocycles. The first-order chi connectivity index (χ1) is 14.1. The van der Waals surface area contributed by atoms with E-state index in [0.29, 0.717) is 22.3 Å². The maximum Gasteiger partial charge on any atom is 0.348 e. The zero-order valence-electron chi connectivity index (χ0n) is 15.5. The fourth-order valence-corrected chi connectivity index (χ4v) is 3.42. The molecular weight excluding hydrogens is 364 g/mol. The van der Waals surface area contributed by atoms with Gasteiger partial charge in [0.1, 0.15) is 12.7 Å². The van der Waals surface area contributed by atoms with Gasteiger partial charge < -0.3 is 14.2 Å². The highest BCUT2D eigenvalue weighted by molar-refractivity contribution is 5.85. The fourth-order valence-electron chi connectivity index (χ4n) is 3.42. The molecule has 142 valence electrons. The number of fused-ring (bicyclic) bond motifs is 1. The molecule has 2 aromatic heterocycles. The Morgan fingerprint density at radius 1 is 0.966 bits per heavy atom. The number of benzene rings is 2. The first-order valence-corrected chi connectivity index (χ1v) is 9.14. The molecule has 0 aliphatic rings. The zero-order valence-corrected chi connectivity index (χ0v) is 15.5. The highest BCUT2D eigenvalue weighted by Gasteiger charge is 2.41. The largest absolute Gasteiger partial charge is 0.458 e. The van der Waals surface area contributed by atoms with Crippen LogP contribution in [0.3, 0.4) is 0 Å². The summed E-state index contributed by atoms with van der Waals surface area (Å²) >= 11 is 0. The highest BCUT2D eigenvalue weighted by atomic mass is 16.5. The second-order valence-corrected chi connectivity index (χ2v) is 6.65. The number of ether oxygens (including phenoxy) is 1. The molecule has 0 bridgehead atoms. The summed E-state index contributed by atoms with van der Waals surface area (Å²) in [5.41, 5.74) is 0.644. The van der Waals surface area contributed by atoms with Crippen molar-refractivity contribution < 1.29 is 14.6 Å². The molecule has 4 aromatic rings. The van der Waals surface area contributed by atoms with Gasteiger partial charge in [-0.25, -0.2) is 4.79 Å². The number of carbonyl (C=O) groups is 1. The number of carbonyl (C=O) groups excluding carboxylic acids is 1. The number of nitriles is 1. The Labute approximate surface area is 168 Å². The number of aliphatic hydroxyl groups is 1. The van der Waals surface area contributed by atoms with Gasteiger partial charge in [0.05, 0.1) is 11.1 Å². The number of hydrogen-bond acceptors (Lipinski definition) is 4. The minimum atomic E-state index is -1.95. The van der Waals surface area contributed by atoms with Crippen LogP contribution in [0.2, 0.25) is 0 Å². The molecule has 0 fully saturated rings. The van der Waals surface area contributed by atoms with Crippen LogP contribution < -0.4 is 0 Å². The summed E-state index contributed by atoms with van der Waals surface area (Å²) < 4.78 is 7.33. The summed E-state index contributed by atoms with van der Waals surface area (Å²) in [5.74, 6) is -0.797. The third-order valence-electron chi connectivity index (χ3n) is 4.91. The molecule has 29 heavy (non-hydrogen) atoms. The van der Waals surface area contributed by atoms with E-state index < -0.39 is 11.6 Å². The van der Waals surface area contributed by atoms with Crippen LogP contribution in [0.25, 0.3) is 5.52 Å². The van der Waals surface area contributed by atoms with Crippen molar-refractivity contribution in [3.63, 3.8) is 0 Å². The Bertz CT molecular complexity index is 1150. The first kappa shape index (κ1) is 18.5. The molecule has 0 unspecified atom stereocenters. The van der Waals surface area contributed by atoms with Gasteiger partial charge in [0.2, 0.25) is 5.60 Å². The molecule has 0 amide bonds. The topological polar surface area (TPSA) is 74.7 Å². The van der Waals surface area contributed by atoms with Crippen molar-refractivity contribution in [3.8, 4) is 6.07 Å². The second-order valence-electron chi connectivity index (χ2n) is 6.65. The molecule has 0 atom stereocenters. The minimum absolute atomic E-state index is 0.120. The summed E-state index contributed by atoms with van der Waals surface area (Å²) in [4.78, 5) is 13.1. The van der Waals surface area contributed by atoms with Crippen molar-refractivity contribution in [2.24, 2.45) is 0 Å². The lowest BCUT2D eigenvalue weighted by atomic mass is 9.86. The number of nitrogens with zero attached hydrogens (tertiary/aromatic N) is 2. The predicted octanol–water partition coefficient (Wildman–Crippen LogP) is 3.79. The third-order valence-corrected chi connectivity index (χ3v) is 4.91. The van der Waals surface area contributed by atoms with Gasteiger partial charge in [0.15, 0.2) is 0 Å².